The van der Waals surface area contributed by atoms with Gasteiger partial charge in [-0.2, -0.15) is 0 Å². The molecule has 10 heteroatoms. The number of fused-ring (bicyclic) bond motifs is 1. The van der Waals surface area contributed by atoms with Gasteiger partial charge in [-0.15, -0.1) is 11.8 Å². The average Bonchev–Trinajstić information content (AvgIpc) is 3.58. The maximum atomic E-state index is 13.0. The van der Waals surface area contributed by atoms with Crippen molar-refractivity contribution < 1.29 is 4.79 Å². The van der Waals surface area contributed by atoms with E-state index >= 15 is 0 Å². The molecule has 0 radical (unpaired) electrons. The highest BCUT2D eigenvalue weighted by Gasteiger charge is 2.29. The second kappa shape index (κ2) is 10.1. The molecule has 8 nitrogen and oxygen atoms in total. The van der Waals surface area contributed by atoms with Crippen molar-refractivity contribution in [3.8, 4) is 0 Å². The van der Waals surface area contributed by atoms with Gasteiger partial charge in [-0.3, -0.25) is 4.79 Å². The van der Waals surface area contributed by atoms with Gasteiger partial charge >= 0.3 is 0 Å². The fourth-order valence-corrected chi connectivity index (χ4v) is 6.05. The Morgan fingerprint density at radius 1 is 1.15 bits per heavy atom. The summed E-state index contributed by atoms with van der Waals surface area (Å²) in [5.41, 5.74) is 1.69. The molecule has 1 aliphatic carbocycles. The van der Waals surface area contributed by atoms with E-state index in [1.807, 2.05) is 41.7 Å². The lowest BCUT2D eigenvalue weighted by Crippen LogP contribution is -2.34. The van der Waals surface area contributed by atoms with E-state index in [9.17, 15) is 4.79 Å². The van der Waals surface area contributed by atoms with Gasteiger partial charge in [-0.1, -0.05) is 11.3 Å². The fourth-order valence-electron chi connectivity index (χ4n) is 4.75. The number of nitrogens with one attached hydrogen (secondary N) is 2. The van der Waals surface area contributed by atoms with Crippen LogP contribution in [-0.2, 0) is 0 Å². The maximum Gasteiger partial charge on any atom is 0.253 e. The molecule has 2 aromatic heterocycles. The Kier molecular flexibility index (Phi) is 6.89. The fraction of sp³-hybridized carbons (Fsp3) is 0.500. The Labute approximate surface area is 208 Å². The van der Waals surface area contributed by atoms with Gasteiger partial charge in [-0.25, -0.2) is 15.0 Å². The molecule has 3 heterocycles. The van der Waals surface area contributed by atoms with Crippen molar-refractivity contribution in [2.24, 2.45) is 0 Å². The van der Waals surface area contributed by atoms with Gasteiger partial charge in [0.2, 0.25) is 5.95 Å². The molecule has 2 aliphatic rings. The first-order valence-corrected chi connectivity index (χ1v) is 13.8. The summed E-state index contributed by atoms with van der Waals surface area (Å²) in [6, 6.07) is 7.03. The van der Waals surface area contributed by atoms with Crippen LogP contribution in [0.5, 0.6) is 0 Å². The van der Waals surface area contributed by atoms with Crippen molar-refractivity contribution >= 4 is 50.3 Å². The molecule has 1 saturated heterocycles. The van der Waals surface area contributed by atoms with Crippen molar-refractivity contribution in [1.82, 2.24) is 24.8 Å². The van der Waals surface area contributed by atoms with Gasteiger partial charge in [0.25, 0.3) is 5.91 Å². The number of nitrogens with zero attached hydrogens (tertiary/aromatic N) is 5. The zero-order valence-corrected chi connectivity index (χ0v) is 21.5. The number of amides is 1. The summed E-state index contributed by atoms with van der Waals surface area (Å²) < 4.78 is 1.05. The minimum Gasteiger partial charge on any atom is -0.359 e. The van der Waals surface area contributed by atoms with Gasteiger partial charge < -0.3 is 20.4 Å². The van der Waals surface area contributed by atoms with E-state index in [4.69, 9.17) is 4.98 Å². The largest absolute Gasteiger partial charge is 0.359 e. The molecule has 5 rings (SSSR count). The highest BCUT2D eigenvalue weighted by Crippen LogP contribution is 2.31. The number of carbonyl (C=O) groups excluding carboxylic acids is 1. The molecule has 3 aromatic rings. The third-order valence-electron chi connectivity index (χ3n) is 6.77. The third-order valence-corrected chi connectivity index (χ3v) is 8.41. The second-order valence-electron chi connectivity index (χ2n) is 9.30. The van der Waals surface area contributed by atoms with E-state index in [0.717, 1.165) is 64.6 Å². The number of carbonyl (C=O) groups is 1. The van der Waals surface area contributed by atoms with Crippen molar-refractivity contribution in [2.45, 2.75) is 48.7 Å². The van der Waals surface area contributed by atoms with Crippen LogP contribution >= 0.6 is 23.1 Å². The Hall–Kier alpha value is -2.43. The summed E-state index contributed by atoms with van der Waals surface area (Å²) in [6.45, 7) is 1.61. The molecule has 2 fully saturated rings. The highest BCUT2D eigenvalue weighted by atomic mass is 32.2. The van der Waals surface area contributed by atoms with Crippen molar-refractivity contribution in [2.75, 3.05) is 44.1 Å². The molecule has 0 bridgehead atoms. The Morgan fingerprint density at radius 3 is 2.62 bits per heavy atom. The number of benzene rings is 1. The van der Waals surface area contributed by atoms with E-state index in [1.165, 1.54) is 0 Å². The standard InChI is InChI=1S/C24H31N7OS2/c1-30(2)18-8-9-31(14-18)22(32)15-4-7-20-21(10-15)34-24(29-20)28-17-6-5-16(11-17)27-23-25-12-19(33-3)13-26-23/h4,7,10,12-13,16-18H,5-6,8-9,11,14H2,1-3H3,(H,28,29)(H,25,26,27)/t16-,17-,18-/m0/s1. The molecule has 1 amide bonds. The van der Waals surface area contributed by atoms with Gasteiger partial charge in [0.15, 0.2) is 5.13 Å². The molecule has 1 saturated carbocycles. The number of rotatable bonds is 7. The number of thioether (sulfide) groups is 1. The Bertz CT molecular complexity index is 1150. The molecule has 0 spiro atoms. The molecule has 3 atom stereocenters. The molecular formula is C24H31N7OS2. The van der Waals surface area contributed by atoms with Crippen LogP contribution in [0.3, 0.4) is 0 Å². The van der Waals surface area contributed by atoms with Crippen molar-refractivity contribution in [3.63, 3.8) is 0 Å². The summed E-state index contributed by atoms with van der Waals surface area (Å²) in [4.78, 5) is 31.8. The number of likely N-dealkylation sites (tertiary alicyclic amines) is 1. The van der Waals surface area contributed by atoms with E-state index in [0.29, 0.717) is 24.1 Å². The Morgan fingerprint density at radius 2 is 1.91 bits per heavy atom. The smallest absolute Gasteiger partial charge is 0.253 e. The van der Waals surface area contributed by atoms with Crippen LogP contribution in [0.4, 0.5) is 11.1 Å². The SMILES string of the molecule is CSc1cnc(N[C@H]2CC[C@H](Nc3nc4ccc(C(=O)N5CC[C@H](N(C)C)C5)cc4s3)C2)nc1. The monoisotopic (exact) mass is 497 g/mol. The molecule has 0 unspecified atom stereocenters. The summed E-state index contributed by atoms with van der Waals surface area (Å²) in [6.07, 6.45) is 9.90. The molecule has 1 aromatic carbocycles. The number of likely N-dealkylation sites (N-methyl/N-ethyl adjacent to an activating group) is 1. The molecule has 1 aliphatic heterocycles. The minimum atomic E-state index is 0.117. The normalized spacial score (nSPS) is 22.6. The van der Waals surface area contributed by atoms with Crippen LogP contribution in [0.2, 0.25) is 0 Å². The number of hydrogen-bond acceptors (Lipinski definition) is 9. The summed E-state index contributed by atoms with van der Waals surface area (Å²) >= 11 is 3.27. The predicted octanol–water partition coefficient (Wildman–Crippen LogP) is 4.03. The van der Waals surface area contributed by atoms with Crippen molar-refractivity contribution in [1.29, 1.82) is 0 Å². The van der Waals surface area contributed by atoms with E-state index < -0.39 is 0 Å². The molecule has 34 heavy (non-hydrogen) atoms. The first-order valence-electron chi connectivity index (χ1n) is 11.7. The van der Waals surface area contributed by atoms with Crippen LogP contribution in [0.1, 0.15) is 36.0 Å². The Balaban J connectivity index is 1.19. The van der Waals surface area contributed by atoms with Crippen LogP contribution in [0.25, 0.3) is 10.2 Å². The summed E-state index contributed by atoms with van der Waals surface area (Å²) in [5, 5.41) is 7.98. The van der Waals surface area contributed by atoms with E-state index in [2.05, 4.69) is 39.6 Å². The van der Waals surface area contributed by atoms with Gasteiger partial charge in [0, 0.05) is 54.1 Å². The van der Waals surface area contributed by atoms with Crippen LogP contribution < -0.4 is 10.6 Å². The van der Waals surface area contributed by atoms with Crippen LogP contribution in [0, 0.1) is 0 Å². The van der Waals surface area contributed by atoms with Crippen LogP contribution in [-0.4, -0.2) is 82.2 Å². The lowest BCUT2D eigenvalue weighted by atomic mass is 10.2. The lowest BCUT2D eigenvalue weighted by Gasteiger charge is -2.20. The predicted molar refractivity (Wildman–Crippen MR) is 140 cm³/mol. The minimum absolute atomic E-state index is 0.117. The van der Waals surface area contributed by atoms with Crippen molar-refractivity contribution in [3.05, 3.63) is 36.2 Å². The zero-order chi connectivity index (χ0) is 23.7. The number of aromatic nitrogens is 3. The van der Waals surface area contributed by atoms with Gasteiger partial charge in [0.05, 0.1) is 10.2 Å². The molecule has 2 N–H and O–H groups in total. The van der Waals surface area contributed by atoms with Gasteiger partial charge in [-0.05, 0) is 64.2 Å². The number of hydrogen-bond donors (Lipinski definition) is 2. The average molecular weight is 498 g/mol. The van der Waals surface area contributed by atoms with E-state index in [-0.39, 0.29) is 5.91 Å². The topological polar surface area (TPSA) is 86.3 Å². The third kappa shape index (κ3) is 5.13. The van der Waals surface area contributed by atoms with Crippen LogP contribution in [0.15, 0.2) is 35.5 Å². The lowest BCUT2D eigenvalue weighted by molar-refractivity contribution is 0.0783. The quantitative estimate of drug-likeness (QED) is 0.473. The molecule has 180 valence electrons. The maximum absolute atomic E-state index is 13.0. The summed E-state index contributed by atoms with van der Waals surface area (Å²) in [5.74, 6) is 0.808. The van der Waals surface area contributed by atoms with Gasteiger partial charge in [0.1, 0.15) is 0 Å². The van der Waals surface area contributed by atoms with E-state index in [1.54, 1.807) is 23.1 Å². The first kappa shape index (κ1) is 23.3. The first-order chi connectivity index (χ1) is 16.5. The second-order valence-corrected chi connectivity index (χ2v) is 11.2. The summed E-state index contributed by atoms with van der Waals surface area (Å²) in [7, 11) is 4.16. The zero-order valence-electron chi connectivity index (χ0n) is 19.8. The molecular weight excluding hydrogens is 466 g/mol. The number of thiazole rings is 1. The highest BCUT2D eigenvalue weighted by molar-refractivity contribution is 7.98. The number of anilines is 2.